The van der Waals surface area contributed by atoms with Crippen molar-refractivity contribution in [3.63, 3.8) is 0 Å². The topological polar surface area (TPSA) is 86.6 Å². The van der Waals surface area contributed by atoms with Crippen LogP contribution < -0.4 is 5.32 Å². The number of hydrogen-bond donors (Lipinski definition) is 3. The summed E-state index contributed by atoms with van der Waals surface area (Å²) in [5.74, 6) is -1.61. The number of carboxylic acid groups (broad SMARTS) is 1. The molecule has 0 saturated heterocycles. The van der Waals surface area contributed by atoms with Crippen molar-refractivity contribution in [2.24, 2.45) is 0 Å². The van der Waals surface area contributed by atoms with Crippen molar-refractivity contribution in [1.82, 2.24) is 5.32 Å². The van der Waals surface area contributed by atoms with Crippen LogP contribution in [0.1, 0.15) is 34.0 Å². The Labute approximate surface area is 84.5 Å². The SMILES string of the molecule is [2H]CCCCCC(=O)N[C@@H](CO)C(=O)O. The molecule has 0 unspecified atom stereocenters. The number of rotatable bonds is 7. The van der Waals surface area contributed by atoms with E-state index < -0.39 is 18.6 Å². The summed E-state index contributed by atoms with van der Waals surface area (Å²) in [6.45, 7) is -0.260. The van der Waals surface area contributed by atoms with Crippen LogP contribution >= 0.6 is 0 Å². The van der Waals surface area contributed by atoms with Crippen molar-refractivity contribution in [3.05, 3.63) is 0 Å². The fourth-order valence-corrected chi connectivity index (χ4v) is 0.914. The first-order valence-electron chi connectivity index (χ1n) is 5.24. The van der Waals surface area contributed by atoms with Crippen LogP contribution in [-0.2, 0) is 9.59 Å². The zero-order chi connectivity index (χ0) is 11.7. The summed E-state index contributed by atoms with van der Waals surface area (Å²) in [5, 5.41) is 19.4. The molecule has 0 aliphatic heterocycles. The van der Waals surface area contributed by atoms with Crippen LogP contribution in [0.3, 0.4) is 0 Å². The molecule has 0 aromatic heterocycles. The number of carbonyl (C=O) groups excluding carboxylic acids is 1. The van der Waals surface area contributed by atoms with Gasteiger partial charge in [0.1, 0.15) is 6.04 Å². The summed E-state index contributed by atoms with van der Waals surface area (Å²) in [6, 6.07) is -1.21. The molecule has 5 nitrogen and oxygen atoms in total. The summed E-state index contributed by atoms with van der Waals surface area (Å²) in [5.41, 5.74) is 0. The predicted octanol–water partition coefficient (Wildman–Crippen LogP) is 0.128. The van der Waals surface area contributed by atoms with Gasteiger partial charge in [-0.3, -0.25) is 4.79 Å². The molecule has 0 bridgehead atoms. The third-order valence-corrected chi connectivity index (χ3v) is 1.72. The Balaban J connectivity index is 3.67. The van der Waals surface area contributed by atoms with E-state index in [2.05, 4.69) is 5.32 Å². The summed E-state index contributed by atoms with van der Waals surface area (Å²) >= 11 is 0. The lowest BCUT2D eigenvalue weighted by molar-refractivity contribution is -0.142. The van der Waals surface area contributed by atoms with Gasteiger partial charge in [0.25, 0.3) is 0 Å². The third-order valence-electron chi connectivity index (χ3n) is 1.72. The molecule has 0 radical (unpaired) electrons. The van der Waals surface area contributed by atoms with Gasteiger partial charge in [0.15, 0.2) is 0 Å². The van der Waals surface area contributed by atoms with E-state index in [9.17, 15) is 9.59 Å². The highest BCUT2D eigenvalue weighted by atomic mass is 16.4. The average molecular weight is 204 g/mol. The average Bonchev–Trinajstić information content (AvgIpc) is 2.20. The van der Waals surface area contributed by atoms with Crippen molar-refractivity contribution < 1.29 is 21.2 Å². The summed E-state index contributed by atoms with van der Waals surface area (Å²) in [7, 11) is 0. The van der Waals surface area contributed by atoms with E-state index >= 15 is 0 Å². The molecule has 3 N–H and O–H groups in total. The molecule has 0 saturated carbocycles. The maximum absolute atomic E-state index is 11.1. The van der Waals surface area contributed by atoms with Crippen LogP contribution in [0.4, 0.5) is 0 Å². The highest BCUT2D eigenvalue weighted by Crippen LogP contribution is 1.98. The van der Waals surface area contributed by atoms with E-state index in [-0.39, 0.29) is 12.3 Å². The molecule has 5 heteroatoms. The van der Waals surface area contributed by atoms with Gasteiger partial charge in [-0.1, -0.05) is 19.7 Å². The largest absolute Gasteiger partial charge is 0.480 e. The van der Waals surface area contributed by atoms with E-state index in [1.807, 2.05) is 0 Å². The zero-order valence-electron chi connectivity index (χ0n) is 9.03. The van der Waals surface area contributed by atoms with Gasteiger partial charge >= 0.3 is 5.97 Å². The molecule has 0 heterocycles. The molecule has 82 valence electrons. The van der Waals surface area contributed by atoms with E-state index in [0.29, 0.717) is 13.3 Å². The van der Waals surface area contributed by atoms with Gasteiger partial charge < -0.3 is 15.5 Å². The molecule has 0 fully saturated rings. The minimum Gasteiger partial charge on any atom is -0.480 e. The summed E-state index contributed by atoms with van der Waals surface area (Å²) < 4.78 is 6.88. The third kappa shape index (κ3) is 5.53. The molecule has 0 aliphatic carbocycles. The first-order valence-corrected chi connectivity index (χ1v) is 4.54. The van der Waals surface area contributed by atoms with E-state index in [1.54, 1.807) is 0 Å². The molecular weight excluding hydrogens is 186 g/mol. The number of unbranched alkanes of at least 4 members (excludes halogenated alkanes) is 2. The van der Waals surface area contributed by atoms with Crippen LogP contribution in [0, 0.1) is 0 Å². The molecular formula is C9H17NO4. The number of aliphatic hydroxyl groups is 1. The smallest absolute Gasteiger partial charge is 0.328 e. The number of aliphatic carboxylic acids is 1. The number of carbonyl (C=O) groups is 2. The Kier molecular flexibility index (Phi) is 5.74. The molecule has 0 spiro atoms. The highest BCUT2D eigenvalue weighted by Gasteiger charge is 2.17. The number of hydrogen-bond acceptors (Lipinski definition) is 3. The fourth-order valence-electron chi connectivity index (χ4n) is 0.914. The lowest BCUT2D eigenvalue weighted by Gasteiger charge is -2.10. The van der Waals surface area contributed by atoms with Crippen LogP contribution in [0.25, 0.3) is 0 Å². The zero-order valence-corrected chi connectivity index (χ0v) is 8.03. The van der Waals surface area contributed by atoms with Gasteiger partial charge in [-0.05, 0) is 6.42 Å². The van der Waals surface area contributed by atoms with Crippen LogP contribution in [0.5, 0.6) is 0 Å². The summed E-state index contributed by atoms with van der Waals surface area (Å²) in [6.07, 6.45) is 2.41. The molecule has 0 rings (SSSR count). The van der Waals surface area contributed by atoms with E-state index in [4.69, 9.17) is 11.6 Å². The molecule has 14 heavy (non-hydrogen) atoms. The molecule has 1 atom stereocenters. The Morgan fingerprint density at radius 1 is 1.50 bits per heavy atom. The Morgan fingerprint density at radius 3 is 2.71 bits per heavy atom. The predicted molar refractivity (Wildman–Crippen MR) is 50.8 cm³/mol. The Bertz CT molecular complexity index is 210. The second kappa shape index (κ2) is 7.32. The number of aliphatic hydroxyl groups excluding tert-OH is 1. The van der Waals surface area contributed by atoms with E-state index in [1.165, 1.54) is 0 Å². The first kappa shape index (κ1) is 11.0. The molecule has 1 amide bonds. The van der Waals surface area contributed by atoms with Gasteiger partial charge in [-0.2, -0.15) is 0 Å². The van der Waals surface area contributed by atoms with Gasteiger partial charge in [-0.25, -0.2) is 4.79 Å². The van der Waals surface area contributed by atoms with Crippen molar-refractivity contribution >= 4 is 11.9 Å². The Morgan fingerprint density at radius 2 is 2.21 bits per heavy atom. The normalized spacial score (nSPS) is 13.1. The van der Waals surface area contributed by atoms with E-state index in [0.717, 1.165) is 12.8 Å². The molecule has 0 aliphatic rings. The van der Waals surface area contributed by atoms with Crippen molar-refractivity contribution in [1.29, 1.82) is 0 Å². The van der Waals surface area contributed by atoms with Crippen LogP contribution in [-0.4, -0.2) is 34.7 Å². The van der Waals surface area contributed by atoms with Crippen molar-refractivity contribution in [2.45, 2.75) is 38.6 Å². The van der Waals surface area contributed by atoms with Crippen LogP contribution in [0.15, 0.2) is 0 Å². The highest BCUT2D eigenvalue weighted by molar-refractivity contribution is 5.83. The summed E-state index contributed by atoms with van der Waals surface area (Å²) in [4.78, 5) is 21.6. The monoisotopic (exact) mass is 204 g/mol. The maximum Gasteiger partial charge on any atom is 0.328 e. The number of nitrogens with one attached hydrogen (secondary N) is 1. The number of carboxylic acids is 1. The fraction of sp³-hybridized carbons (Fsp3) is 0.778. The van der Waals surface area contributed by atoms with Gasteiger partial charge in [0.2, 0.25) is 5.91 Å². The second-order valence-electron chi connectivity index (χ2n) is 2.95. The lowest BCUT2D eigenvalue weighted by Crippen LogP contribution is -2.43. The maximum atomic E-state index is 11.1. The van der Waals surface area contributed by atoms with Gasteiger partial charge in [-0.15, -0.1) is 0 Å². The van der Waals surface area contributed by atoms with Crippen LogP contribution in [0.2, 0.25) is 0 Å². The van der Waals surface area contributed by atoms with Gasteiger partial charge in [0, 0.05) is 7.79 Å². The van der Waals surface area contributed by atoms with Crippen molar-refractivity contribution in [3.8, 4) is 0 Å². The molecule has 0 aromatic rings. The molecule has 0 aromatic carbocycles. The quantitative estimate of drug-likeness (QED) is 0.514. The Hall–Kier alpha value is -1.10. The lowest BCUT2D eigenvalue weighted by atomic mass is 10.2. The standard InChI is InChI=1S/C9H17NO4/c1-2-3-4-5-8(12)10-7(6-11)9(13)14/h7,11H,2-6H2,1H3,(H,10,12)(H,13,14)/t7-/m0/s1/i1D. The number of amides is 1. The second-order valence-corrected chi connectivity index (χ2v) is 2.95. The van der Waals surface area contributed by atoms with Crippen molar-refractivity contribution in [2.75, 3.05) is 6.61 Å². The first-order chi connectivity index (χ1) is 7.11. The van der Waals surface area contributed by atoms with Gasteiger partial charge in [0.05, 0.1) is 6.61 Å². The minimum atomic E-state index is -1.24. The minimum absolute atomic E-state index is 0.240.